The van der Waals surface area contributed by atoms with Crippen LogP contribution < -0.4 is 0 Å². The molecule has 2 aliphatic rings. The number of piperidine rings is 2. The second-order valence-electron chi connectivity index (χ2n) is 6.86. The largest absolute Gasteiger partial charge is 0.337 e. The molecule has 6 heteroatoms. The van der Waals surface area contributed by atoms with E-state index in [0.717, 1.165) is 58.3 Å². The van der Waals surface area contributed by atoms with Crippen molar-refractivity contribution in [2.75, 3.05) is 26.2 Å². The molecule has 1 aromatic heterocycles. The minimum absolute atomic E-state index is 0.0202. The second-order valence-corrected chi connectivity index (χ2v) is 6.86. The average Bonchev–Trinajstić information content (AvgIpc) is 3.02. The van der Waals surface area contributed by atoms with Crippen molar-refractivity contribution in [3.8, 4) is 0 Å². The Morgan fingerprint density at radius 1 is 1.22 bits per heavy atom. The summed E-state index contributed by atoms with van der Waals surface area (Å²) < 4.78 is 5.34. The zero-order valence-electron chi connectivity index (χ0n) is 14.3. The molecule has 2 aliphatic heterocycles. The molecular formula is C17H28N4O2. The van der Waals surface area contributed by atoms with Crippen LogP contribution in [0, 0.1) is 12.8 Å². The van der Waals surface area contributed by atoms with E-state index in [1.807, 2.05) is 11.8 Å². The Morgan fingerprint density at radius 3 is 2.65 bits per heavy atom. The van der Waals surface area contributed by atoms with Gasteiger partial charge in [0.1, 0.15) is 6.04 Å². The van der Waals surface area contributed by atoms with Gasteiger partial charge in [-0.25, -0.2) is 0 Å². The molecule has 0 spiro atoms. The fraction of sp³-hybridized carbons (Fsp3) is 0.824. The minimum Gasteiger partial charge on any atom is -0.337 e. The number of carbonyl (C=O) groups is 1. The number of carbonyl (C=O) groups excluding carboxylic acids is 1. The first kappa shape index (κ1) is 16.4. The summed E-state index contributed by atoms with van der Waals surface area (Å²) in [6.07, 6.45) is 6.06. The highest BCUT2D eigenvalue weighted by atomic mass is 16.5. The Labute approximate surface area is 138 Å². The first-order valence-electron chi connectivity index (χ1n) is 8.99. The molecule has 6 nitrogen and oxygen atoms in total. The van der Waals surface area contributed by atoms with Gasteiger partial charge in [0.05, 0.1) is 0 Å². The molecule has 0 radical (unpaired) electrons. The SMILES string of the molecule is CCN1CCC(CC(=O)N2CCCC[C@H]2c2nc(C)no2)CC1. The van der Waals surface area contributed by atoms with Gasteiger partial charge in [-0.1, -0.05) is 12.1 Å². The van der Waals surface area contributed by atoms with E-state index in [1.54, 1.807) is 0 Å². The summed E-state index contributed by atoms with van der Waals surface area (Å²) in [5.41, 5.74) is 0. The molecule has 128 valence electrons. The summed E-state index contributed by atoms with van der Waals surface area (Å²) in [6.45, 7) is 8.21. The standard InChI is InChI=1S/C17H28N4O2/c1-3-20-10-7-14(8-11-20)12-16(22)21-9-5-4-6-15(21)17-18-13(2)19-23-17/h14-15H,3-12H2,1-2H3/t15-/m0/s1. The van der Waals surface area contributed by atoms with Crippen LogP contribution in [-0.2, 0) is 4.79 Å². The van der Waals surface area contributed by atoms with Crippen LogP contribution in [0.5, 0.6) is 0 Å². The molecule has 0 aliphatic carbocycles. The Balaban J connectivity index is 1.60. The van der Waals surface area contributed by atoms with Crippen LogP contribution in [-0.4, -0.2) is 52.0 Å². The van der Waals surface area contributed by atoms with Crippen LogP contribution in [0.2, 0.25) is 0 Å². The maximum absolute atomic E-state index is 12.8. The van der Waals surface area contributed by atoms with Gasteiger partial charge in [-0.3, -0.25) is 4.79 Å². The number of hydrogen-bond donors (Lipinski definition) is 0. The third-order valence-corrected chi connectivity index (χ3v) is 5.27. The van der Waals surface area contributed by atoms with Crippen molar-refractivity contribution >= 4 is 5.91 Å². The maximum Gasteiger partial charge on any atom is 0.249 e. The van der Waals surface area contributed by atoms with Crippen molar-refractivity contribution in [1.29, 1.82) is 0 Å². The van der Waals surface area contributed by atoms with Gasteiger partial charge < -0.3 is 14.3 Å². The van der Waals surface area contributed by atoms with E-state index < -0.39 is 0 Å². The average molecular weight is 320 g/mol. The van der Waals surface area contributed by atoms with E-state index >= 15 is 0 Å². The van der Waals surface area contributed by atoms with Crippen molar-refractivity contribution in [2.45, 2.75) is 58.4 Å². The third-order valence-electron chi connectivity index (χ3n) is 5.27. The molecule has 1 atom stereocenters. The molecule has 0 aromatic carbocycles. The molecule has 2 fully saturated rings. The smallest absolute Gasteiger partial charge is 0.249 e. The molecule has 0 N–H and O–H groups in total. The number of likely N-dealkylation sites (tertiary alicyclic amines) is 2. The molecule has 3 heterocycles. The van der Waals surface area contributed by atoms with Gasteiger partial charge >= 0.3 is 0 Å². The third kappa shape index (κ3) is 3.91. The summed E-state index contributed by atoms with van der Waals surface area (Å²) in [4.78, 5) is 21.6. The van der Waals surface area contributed by atoms with E-state index in [-0.39, 0.29) is 11.9 Å². The lowest BCUT2D eigenvalue weighted by molar-refractivity contribution is -0.137. The normalized spacial score (nSPS) is 24.1. The van der Waals surface area contributed by atoms with E-state index in [4.69, 9.17) is 4.52 Å². The lowest BCUT2D eigenvalue weighted by atomic mass is 9.92. The summed E-state index contributed by atoms with van der Waals surface area (Å²) in [7, 11) is 0. The van der Waals surface area contributed by atoms with E-state index in [2.05, 4.69) is 22.0 Å². The molecule has 23 heavy (non-hydrogen) atoms. The quantitative estimate of drug-likeness (QED) is 0.853. The highest BCUT2D eigenvalue weighted by Crippen LogP contribution is 2.32. The van der Waals surface area contributed by atoms with Gasteiger partial charge in [0.2, 0.25) is 11.8 Å². The van der Waals surface area contributed by atoms with Gasteiger partial charge in [0.15, 0.2) is 5.82 Å². The second kappa shape index (κ2) is 7.43. The van der Waals surface area contributed by atoms with Crippen molar-refractivity contribution < 1.29 is 9.32 Å². The predicted octanol–water partition coefficient (Wildman–Crippen LogP) is 2.55. The van der Waals surface area contributed by atoms with Gasteiger partial charge in [0.25, 0.3) is 0 Å². The molecular weight excluding hydrogens is 292 g/mol. The van der Waals surface area contributed by atoms with Crippen molar-refractivity contribution in [2.24, 2.45) is 5.92 Å². The molecule has 2 saturated heterocycles. The van der Waals surface area contributed by atoms with Gasteiger partial charge in [-0.05, 0) is 64.6 Å². The van der Waals surface area contributed by atoms with Gasteiger partial charge in [-0.15, -0.1) is 0 Å². The van der Waals surface area contributed by atoms with Gasteiger partial charge in [0, 0.05) is 13.0 Å². The summed E-state index contributed by atoms with van der Waals surface area (Å²) in [6, 6.07) is -0.0202. The number of rotatable bonds is 4. The van der Waals surface area contributed by atoms with Crippen LogP contribution in [0.15, 0.2) is 4.52 Å². The Morgan fingerprint density at radius 2 is 2.00 bits per heavy atom. The number of hydrogen-bond acceptors (Lipinski definition) is 5. The zero-order valence-corrected chi connectivity index (χ0v) is 14.3. The van der Waals surface area contributed by atoms with Crippen LogP contribution in [0.25, 0.3) is 0 Å². The Kier molecular flexibility index (Phi) is 5.30. The van der Waals surface area contributed by atoms with Crippen LogP contribution in [0.4, 0.5) is 0 Å². The Bertz CT molecular complexity index is 522. The zero-order chi connectivity index (χ0) is 16.2. The highest BCUT2D eigenvalue weighted by Gasteiger charge is 2.33. The Hall–Kier alpha value is -1.43. The molecule has 1 aromatic rings. The molecule has 0 saturated carbocycles. The molecule has 0 unspecified atom stereocenters. The van der Waals surface area contributed by atoms with E-state index in [9.17, 15) is 4.79 Å². The number of aryl methyl sites for hydroxylation is 1. The predicted molar refractivity (Wildman–Crippen MR) is 86.8 cm³/mol. The van der Waals surface area contributed by atoms with Crippen molar-refractivity contribution in [3.05, 3.63) is 11.7 Å². The summed E-state index contributed by atoms with van der Waals surface area (Å²) in [5.74, 6) is 2.04. The topological polar surface area (TPSA) is 62.5 Å². The van der Waals surface area contributed by atoms with Crippen LogP contribution >= 0.6 is 0 Å². The van der Waals surface area contributed by atoms with Crippen LogP contribution in [0.1, 0.15) is 63.2 Å². The number of aromatic nitrogens is 2. The molecule has 3 rings (SSSR count). The minimum atomic E-state index is -0.0202. The lowest BCUT2D eigenvalue weighted by Crippen LogP contribution is -2.41. The molecule has 1 amide bonds. The monoisotopic (exact) mass is 320 g/mol. The number of nitrogens with zero attached hydrogens (tertiary/aromatic N) is 4. The van der Waals surface area contributed by atoms with Gasteiger partial charge in [-0.2, -0.15) is 4.98 Å². The van der Waals surface area contributed by atoms with Crippen molar-refractivity contribution in [3.63, 3.8) is 0 Å². The first-order chi connectivity index (χ1) is 11.2. The van der Waals surface area contributed by atoms with E-state index in [0.29, 0.717) is 24.1 Å². The van der Waals surface area contributed by atoms with Crippen LogP contribution in [0.3, 0.4) is 0 Å². The number of amides is 1. The first-order valence-corrected chi connectivity index (χ1v) is 8.99. The highest BCUT2D eigenvalue weighted by molar-refractivity contribution is 5.77. The summed E-state index contributed by atoms with van der Waals surface area (Å²) in [5, 5.41) is 3.89. The maximum atomic E-state index is 12.8. The fourth-order valence-electron chi connectivity index (χ4n) is 3.81. The summed E-state index contributed by atoms with van der Waals surface area (Å²) >= 11 is 0. The molecule has 0 bridgehead atoms. The van der Waals surface area contributed by atoms with Crippen molar-refractivity contribution in [1.82, 2.24) is 19.9 Å². The van der Waals surface area contributed by atoms with E-state index in [1.165, 1.54) is 0 Å². The fourth-order valence-corrected chi connectivity index (χ4v) is 3.81. The lowest BCUT2D eigenvalue weighted by Gasteiger charge is -2.36.